The number of anilines is 1. The molecule has 0 aliphatic carbocycles. The first kappa shape index (κ1) is 23.4. The van der Waals surface area contributed by atoms with E-state index in [1.165, 1.54) is 6.07 Å². The molecule has 0 bridgehead atoms. The van der Waals surface area contributed by atoms with Crippen LogP contribution >= 0.6 is 0 Å². The van der Waals surface area contributed by atoms with Crippen LogP contribution in [0.15, 0.2) is 59.5 Å². The molecule has 8 nitrogen and oxygen atoms in total. The maximum Gasteiger partial charge on any atom is 0.319 e. The van der Waals surface area contributed by atoms with Crippen molar-refractivity contribution in [3.8, 4) is 0 Å². The van der Waals surface area contributed by atoms with E-state index in [0.717, 1.165) is 0 Å². The molecule has 162 valence electrons. The van der Waals surface area contributed by atoms with Crippen LogP contribution in [0.1, 0.15) is 32.8 Å². The van der Waals surface area contributed by atoms with Crippen molar-refractivity contribution in [2.45, 2.75) is 44.2 Å². The Morgan fingerprint density at radius 3 is 2.20 bits per heavy atom. The lowest BCUT2D eigenvalue weighted by Gasteiger charge is -2.21. The van der Waals surface area contributed by atoms with Gasteiger partial charge in [0, 0.05) is 30.7 Å². The lowest BCUT2D eigenvalue weighted by atomic mass is 10.1. The van der Waals surface area contributed by atoms with Gasteiger partial charge in [0.15, 0.2) is 0 Å². The van der Waals surface area contributed by atoms with Gasteiger partial charge < -0.3 is 16.0 Å². The van der Waals surface area contributed by atoms with Crippen molar-refractivity contribution in [3.05, 3.63) is 60.2 Å². The fraction of sp³-hybridized carbons (Fsp3) is 0.333. The Balaban J connectivity index is 1.84. The molecule has 2 aromatic carbocycles. The molecule has 0 aliphatic rings. The summed E-state index contributed by atoms with van der Waals surface area (Å²) in [5, 5.41) is 7.96. The van der Waals surface area contributed by atoms with Crippen molar-refractivity contribution in [2.75, 3.05) is 11.9 Å². The quantitative estimate of drug-likeness (QED) is 0.513. The van der Waals surface area contributed by atoms with Crippen LogP contribution in [0.25, 0.3) is 0 Å². The molecule has 2 aromatic rings. The highest BCUT2D eigenvalue weighted by molar-refractivity contribution is 7.89. The van der Waals surface area contributed by atoms with Gasteiger partial charge in [0.1, 0.15) is 0 Å². The highest BCUT2D eigenvalue weighted by Gasteiger charge is 2.24. The van der Waals surface area contributed by atoms with E-state index in [2.05, 4.69) is 20.7 Å². The van der Waals surface area contributed by atoms with Gasteiger partial charge in [-0.25, -0.2) is 17.9 Å². The van der Waals surface area contributed by atoms with Gasteiger partial charge >= 0.3 is 6.03 Å². The largest absolute Gasteiger partial charge is 0.352 e. The van der Waals surface area contributed by atoms with Gasteiger partial charge in [0.2, 0.25) is 15.9 Å². The highest BCUT2D eigenvalue weighted by Crippen LogP contribution is 2.17. The van der Waals surface area contributed by atoms with E-state index in [0.29, 0.717) is 11.3 Å². The second kappa shape index (κ2) is 10.2. The lowest BCUT2D eigenvalue weighted by Crippen LogP contribution is -2.41. The molecule has 2 rings (SSSR count). The molecule has 9 heteroatoms. The second-order valence-electron chi connectivity index (χ2n) is 7.74. The van der Waals surface area contributed by atoms with Crippen molar-refractivity contribution in [1.29, 1.82) is 0 Å². The Labute approximate surface area is 177 Å². The van der Waals surface area contributed by atoms with Crippen LogP contribution < -0.4 is 20.7 Å². The van der Waals surface area contributed by atoms with Crippen LogP contribution in [0.2, 0.25) is 0 Å². The molecule has 0 aromatic heterocycles. The van der Waals surface area contributed by atoms with Gasteiger partial charge in [-0.1, -0.05) is 36.4 Å². The smallest absolute Gasteiger partial charge is 0.319 e. The molecule has 0 fully saturated rings. The third-order valence-electron chi connectivity index (χ3n) is 3.85. The minimum absolute atomic E-state index is 0.0657. The predicted octanol–water partition coefficient (Wildman–Crippen LogP) is 2.59. The normalized spacial score (nSPS) is 11.6. The summed E-state index contributed by atoms with van der Waals surface area (Å²) in [7, 11) is -3.72. The van der Waals surface area contributed by atoms with Gasteiger partial charge in [-0.05, 0) is 44.5 Å². The number of hydrogen-bond donors (Lipinski definition) is 4. The molecular weight excluding hydrogens is 404 g/mol. The number of para-hydroxylation sites is 1. The maximum absolute atomic E-state index is 12.6. The second-order valence-corrected chi connectivity index (χ2v) is 9.39. The van der Waals surface area contributed by atoms with Crippen LogP contribution in [0.5, 0.6) is 0 Å². The number of urea groups is 1. The van der Waals surface area contributed by atoms with Crippen molar-refractivity contribution in [1.82, 2.24) is 15.4 Å². The Bertz CT molecular complexity index is 970. The number of nitrogens with one attached hydrogen (secondary N) is 4. The molecule has 0 spiro atoms. The molecule has 0 heterocycles. The van der Waals surface area contributed by atoms with Gasteiger partial charge in [-0.2, -0.15) is 0 Å². The first-order valence-electron chi connectivity index (χ1n) is 9.55. The Morgan fingerprint density at radius 1 is 0.900 bits per heavy atom. The SMILES string of the molecule is CC(C)(C)NS(=O)(=O)c1ccccc1CNC(=O)CCNC(=O)Nc1ccccc1. The van der Waals surface area contributed by atoms with Gasteiger partial charge in [-0.3, -0.25) is 4.79 Å². The van der Waals surface area contributed by atoms with Crippen LogP contribution in [0.3, 0.4) is 0 Å². The van der Waals surface area contributed by atoms with Crippen LogP contribution in [-0.2, 0) is 21.4 Å². The van der Waals surface area contributed by atoms with Crippen molar-refractivity contribution in [3.63, 3.8) is 0 Å². The van der Waals surface area contributed by atoms with E-state index in [1.807, 2.05) is 6.07 Å². The predicted molar refractivity (Wildman–Crippen MR) is 116 cm³/mol. The summed E-state index contributed by atoms with van der Waals surface area (Å²) in [6, 6.07) is 15.1. The molecule has 4 N–H and O–H groups in total. The van der Waals surface area contributed by atoms with Crippen molar-refractivity contribution >= 4 is 27.6 Å². The third-order valence-corrected chi connectivity index (χ3v) is 5.71. The number of hydrogen-bond acceptors (Lipinski definition) is 4. The van der Waals surface area contributed by atoms with Gasteiger partial charge in [0.25, 0.3) is 0 Å². The summed E-state index contributed by atoms with van der Waals surface area (Å²) in [4.78, 5) is 24.0. The van der Waals surface area contributed by atoms with E-state index in [-0.39, 0.29) is 30.3 Å². The fourth-order valence-corrected chi connectivity index (χ4v) is 4.30. The number of amides is 3. The van der Waals surface area contributed by atoms with Gasteiger partial charge in [-0.15, -0.1) is 0 Å². The van der Waals surface area contributed by atoms with Crippen LogP contribution in [-0.4, -0.2) is 32.4 Å². The van der Waals surface area contributed by atoms with Crippen molar-refractivity contribution in [2.24, 2.45) is 0 Å². The number of benzene rings is 2. The zero-order valence-corrected chi connectivity index (χ0v) is 18.2. The third kappa shape index (κ3) is 7.84. The van der Waals surface area contributed by atoms with E-state index < -0.39 is 21.6 Å². The topological polar surface area (TPSA) is 116 Å². The Kier molecular flexibility index (Phi) is 7.96. The Morgan fingerprint density at radius 2 is 1.53 bits per heavy atom. The van der Waals surface area contributed by atoms with E-state index in [1.54, 1.807) is 63.2 Å². The zero-order chi connectivity index (χ0) is 22.2. The minimum atomic E-state index is -3.72. The monoisotopic (exact) mass is 432 g/mol. The van der Waals surface area contributed by atoms with Gasteiger partial charge in [0.05, 0.1) is 4.90 Å². The average Bonchev–Trinajstić information content (AvgIpc) is 2.65. The summed E-state index contributed by atoms with van der Waals surface area (Å²) in [5.74, 6) is -0.300. The summed E-state index contributed by atoms with van der Waals surface area (Å²) in [6.45, 7) is 5.49. The van der Waals surface area contributed by atoms with Crippen molar-refractivity contribution < 1.29 is 18.0 Å². The molecule has 0 saturated carbocycles. The van der Waals surface area contributed by atoms with Crippen LogP contribution in [0, 0.1) is 0 Å². The molecule has 0 atom stereocenters. The summed E-state index contributed by atoms with van der Waals surface area (Å²) < 4.78 is 27.9. The number of carbonyl (C=O) groups excluding carboxylic acids is 2. The van der Waals surface area contributed by atoms with Crippen LogP contribution in [0.4, 0.5) is 10.5 Å². The number of rotatable bonds is 8. The molecule has 0 unspecified atom stereocenters. The molecule has 3 amide bonds. The average molecular weight is 433 g/mol. The molecular formula is C21H28N4O4S. The summed E-state index contributed by atoms with van der Waals surface area (Å²) in [6.07, 6.45) is 0.0668. The minimum Gasteiger partial charge on any atom is -0.352 e. The first-order valence-corrected chi connectivity index (χ1v) is 11.0. The fourth-order valence-electron chi connectivity index (χ4n) is 2.64. The van der Waals surface area contributed by atoms with E-state index >= 15 is 0 Å². The summed E-state index contributed by atoms with van der Waals surface area (Å²) in [5.41, 5.74) is 0.514. The molecule has 30 heavy (non-hydrogen) atoms. The maximum atomic E-state index is 12.6. The summed E-state index contributed by atoms with van der Waals surface area (Å²) >= 11 is 0. The lowest BCUT2D eigenvalue weighted by molar-refractivity contribution is -0.121. The molecule has 0 aliphatic heterocycles. The zero-order valence-electron chi connectivity index (χ0n) is 17.4. The molecule has 0 saturated heterocycles. The number of sulfonamides is 1. The standard InChI is InChI=1S/C21H28N4O4S/c1-21(2,3)25-30(28,29)18-12-8-7-9-16(18)15-23-19(26)13-14-22-20(27)24-17-10-5-4-6-11-17/h4-12,25H,13-15H2,1-3H3,(H,23,26)(H2,22,24,27). The highest BCUT2D eigenvalue weighted by atomic mass is 32.2. The first-order chi connectivity index (χ1) is 14.1. The van der Waals surface area contributed by atoms with E-state index in [4.69, 9.17) is 0 Å². The number of carbonyl (C=O) groups is 2. The van der Waals surface area contributed by atoms with E-state index in [9.17, 15) is 18.0 Å². The molecule has 0 radical (unpaired) electrons. The Hall–Kier alpha value is -2.91.